The first-order valence-corrected chi connectivity index (χ1v) is 11.1. The molecule has 0 saturated heterocycles. The van der Waals surface area contributed by atoms with E-state index in [1.807, 2.05) is 12.4 Å². The fourth-order valence-electron chi connectivity index (χ4n) is 6.32. The Morgan fingerprint density at radius 1 is 1.11 bits per heavy atom. The molecule has 4 saturated carbocycles. The van der Waals surface area contributed by atoms with Crippen LogP contribution in [0.3, 0.4) is 0 Å². The second-order valence-electron chi connectivity index (χ2n) is 8.95. The standard InChI is InChI=1S/C22H27N3OS/c26-21(4-3-16-12-23-15-24-13-16)25(14-20-2-1-5-27-20)22-9-17-6-18(10-22)8-19(7-17)11-22/h1-2,5,12-13,15,17-19H,3-4,6-11,14H2. The number of carbonyl (C=O) groups is 1. The molecule has 2 aromatic heterocycles. The lowest BCUT2D eigenvalue weighted by Gasteiger charge is -2.60. The Bertz CT molecular complexity index is 754. The number of aromatic nitrogens is 2. The molecular formula is C22H27N3OS. The monoisotopic (exact) mass is 381 g/mol. The van der Waals surface area contributed by atoms with Crippen LogP contribution >= 0.6 is 11.3 Å². The molecule has 6 rings (SSSR count). The molecule has 0 N–H and O–H groups in total. The molecule has 1 amide bonds. The number of nitrogens with zero attached hydrogens (tertiary/aromatic N) is 3. The van der Waals surface area contributed by atoms with E-state index in [0.717, 1.165) is 36.3 Å². The van der Waals surface area contributed by atoms with Gasteiger partial charge >= 0.3 is 0 Å². The van der Waals surface area contributed by atoms with E-state index < -0.39 is 0 Å². The Hall–Kier alpha value is -1.75. The maximum Gasteiger partial charge on any atom is 0.223 e. The van der Waals surface area contributed by atoms with Crippen molar-refractivity contribution in [2.75, 3.05) is 0 Å². The lowest BCUT2D eigenvalue weighted by molar-refractivity contribution is -0.152. The molecule has 0 unspecified atom stereocenters. The second kappa shape index (κ2) is 7.01. The second-order valence-corrected chi connectivity index (χ2v) is 9.98. The molecule has 2 aromatic rings. The highest BCUT2D eigenvalue weighted by Crippen LogP contribution is 2.58. The van der Waals surface area contributed by atoms with Crippen molar-refractivity contribution in [2.24, 2.45) is 17.8 Å². The summed E-state index contributed by atoms with van der Waals surface area (Å²) in [5, 5.41) is 2.12. The van der Waals surface area contributed by atoms with Crippen LogP contribution in [-0.4, -0.2) is 26.3 Å². The van der Waals surface area contributed by atoms with Crippen molar-refractivity contribution in [3.8, 4) is 0 Å². The molecule has 142 valence electrons. The molecular weight excluding hydrogens is 354 g/mol. The zero-order valence-electron chi connectivity index (χ0n) is 15.7. The molecule has 2 heterocycles. The minimum atomic E-state index is 0.114. The van der Waals surface area contributed by atoms with E-state index in [9.17, 15) is 4.79 Å². The molecule has 0 aromatic carbocycles. The van der Waals surface area contributed by atoms with Crippen molar-refractivity contribution in [3.05, 3.63) is 46.7 Å². The molecule has 4 fully saturated rings. The lowest BCUT2D eigenvalue weighted by atomic mass is 9.52. The van der Waals surface area contributed by atoms with Gasteiger partial charge < -0.3 is 4.90 Å². The van der Waals surface area contributed by atoms with Crippen LogP contribution in [0.25, 0.3) is 0 Å². The van der Waals surface area contributed by atoms with Gasteiger partial charge in [0.15, 0.2) is 0 Å². The van der Waals surface area contributed by atoms with Crippen molar-refractivity contribution in [3.63, 3.8) is 0 Å². The van der Waals surface area contributed by atoms with Gasteiger partial charge in [-0.3, -0.25) is 4.79 Å². The first kappa shape index (κ1) is 17.4. The Morgan fingerprint density at radius 2 is 1.78 bits per heavy atom. The number of thiophene rings is 1. The Kier molecular flexibility index (Phi) is 4.50. The van der Waals surface area contributed by atoms with Gasteiger partial charge in [-0.2, -0.15) is 0 Å². The molecule has 4 aliphatic rings. The van der Waals surface area contributed by atoms with Crippen molar-refractivity contribution < 1.29 is 4.79 Å². The molecule has 4 nitrogen and oxygen atoms in total. The van der Waals surface area contributed by atoms with E-state index in [2.05, 4.69) is 32.4 Å². The SMILES string of the molecule is O=C(CCc1cncnc1)N(Cc1cccs1)C12CC3CC(CC(C3)C1)C2. The summed E-state index contributed by atoms with van der Waals surface area (Å²) in [6.07, 6.45) is 14.4. The average Bonchev–Trinajstić information content (AvgIpc) is 3.17. The smallest absolute Gasteiger partial charge is 0.223 e. The summed E-state index contributed by atoms with van der Waals surface area (Å²) in [5.74, 6) is 2.85. The number of rotatable bonds is 6. The normalized spacial score (nSPS) is 31.2. The summed E-state index contributed by atoms with van der Waals surface area (Å²) in [7, 11) is 0. The van der Waals surface area contributed by atoms with E-state index in [1.54, 1.807) is 17.7 Å². The zero-order chi connectivity index (χ0) is 18.3. The topological polar surface area (TPSA) is 46.1 Å². The lowest BCUT2D eigenvalue weighted by Crippen LogP contribution is -2.61. The van der Waals surface area contributed by atoms with Gasteiger partial charge in [0.05, 0.1) is 6.54 Å². The van der Waals surface area contributed by atoms with E-state index in [1.165, 1.54) is 43.4 Å². The van der Waals surface area contributed by atoms with E-state index in [4.69, 9.17) is 0 Å². The number of carbonyl (C=O) groups excluding carboxylic acids is 1. The van der Waals surface area contributed by atoms with E-state index >= 15 is 0 Å². The average molecular weight is 382 g/mol. The summed E-state index contributed by atoms with van der Waals surface area (Å²) in [6.45, 7) is 0.786. The fraction of sp³-hybridized carbons (Fsp3) is 0.591. The van der Waals surface area contributed by atoms with Crippen LogP contribution in [0.4, 0.5) is 0 Å². The summed E-state index contributed by atoms with van der Waals surface area (Å²) in [4.78, 5) is 25.2. The van der Waals surface area contributed by atoms with Gasteiger partial charge in [0.25, 0.3) is 0 Å². The summed E-state index contributed by atoms with van der Waals surface area (Å²) < 4.78 is 0. The first-order chi connectivity index (χ1) is 13.2. The van der Waals surface area contributed by atoms with E-state index in [-0.39, 0.29) is 5.54 Å². The highest BCUT2D eigenvalue weighted by atomic mass is 32.1. The van der Waals surface area contributed by atoms with Gasteiger partial charge in [0.2, 0.25) is 5.91 Å². The van der Waals surface area contributed by atoms with Crippen LogP contribution in [0.5, 0.6) is 0 Å². The minimum Gasteiger partial charge on any atom is -0.332 e. The van der Waals surface area contributed by atoms with Crippen molar-refractivity contribution in [1.82, 2.24) is 14.9 Å². The summed E-state index contributed by atoms with van der Waals surface area (Å²) >= 11 is 1.77. The highest BCUT2D eigenvalue weighted by molar-refractivity contribution is 7.09. The number of hydrogen-bond donors (Lipinski definition) is 0. The summed E-state index contributed by atoms with van der Waals surface area (Å²) in [6, 6.07) is 4.28. The Labute approximate surface area is 165 Å². The highest BCUT2D eigenvalue weighted by Gasteiger charge is 2.54. The zero-order valence-corrected chi connectivity index (χ0v) is 16.5. The van der Waals surface area contributed by atoms with Gasteiger partial charge in [0.1, 0.15) is 6.33 Å². The van der Waals surface area contributed by atoms with Gasteiger partial charge in [-0.25, -0.2) is 9.97 Å². The van der Waals surface area contributed by atoms with Gasteiger partial charge in [-0.1, -0.05) is 6.07 Å². The first-order valence-electron chi connectivity index (χ1n) is 10.3. The predicted molar refractivity (Wildman–Crippen MR) is 106 cm³/mol. The predicted octanol–water partition coefficient (Wildman–Crippen LogP) is 4.47. The molecule has 0 aliphatic heterocycles. The molecule has 5 heteroatoms. The van der Waals surface area contributed by atoms with Crippen LogP contribution < -0.4 is 0 Å². The van der Waals surface area contributed by atoms with Crippen LogP contribution in [0.1, 0.15) is 55.4 Å². The van der Waals surface area contributed by atoms with Gasteiger partial charge in [0, 0.05) is 29.2 Å². The quantitative estimate of drug-likeness (QED) is 0.742. The Balaban J connectivity index is 1.38. The maximum atomic E-state index is 13.4. The largest absolute Gasteiger partial charge is 0.332 e. The number of hydrogen-bond acceptors (Lipinski definition) is 4. The van der Waals surface area contributed by atoms with Crippen LogP contribution in [-0.2, 0) is 17.8 Å². The van der Waals surface area contributed by atoms with Crippen molar-refractivity contribution in [1.29, 1.82) is 0 Å². The number of amides is 1. The molecule has 0 atom stereocenters. The Morgan fingerprint density at radius 3 is 2.37 bits per heavy atom. The third-order valence-electron chi connectivity index (χ3n) is 7.02. The van der Waals surface area contributed by atoms with Crippen LogP contribution in [0.15, 0.2) is 36.2 Å². The summed E-state index contributed by atoms with van der Waals surface area (Å²) in [5.41, 5.74) is 1.16. The minimum absolute atomic E-state index is 0.114. The molecule has 0 radical (unpaired) electrons. The van der Waals surface area contributed by atoms with E-state index in [0.29, 0.717) is 12.3 Å². The molecule has 0 spiro atoms. The van der Waals surface area contributed by atoms with Gasteiger partial charge in [-0.05, 0) is 79.7 Å². The molecule has 4 aliphatic carbocycles. The fourth-order valence-corrected chi connectivity index (χ4v) is 7.01. The third kappa shape index (κ3) is 3.42. The molecule has 27 heavy (non-hydrogen) atoms. The van der Waals surface area contributed by atoms with Crippen molar-refractivity contribution in [2.45, 2.75) is 63.5 Å². The number of aryl methyl sites for hydroxylation is 1. The van der Waals surface area contributed by atoms with Gasteiger partial charge in [-0.15, -0.1) is 11.3 Å². The maximum absolute atomic E-state index is 13.4. The van der Waals surface area contributed by atoms with Crippen LogP contribution in [0, 0.1) is 17.8 Å². The van der Waals surface area contributed by atoms with Crippen LogP contribution in [0.2, 0.25) is 0 Å². The van der Waals surface area contributed by atoms with Crippen molar-refractivity contribution >= 4 is 17.2 Å². The third-order valence-corrected chi connectivity index (χ3v) is 7.88. The molecule has 4 bridgehead atoms.